The summed E-state index contributed by atoms with van der Waals surface area (Å²) in [4.78, 5) is 14.8. The lowest BCUT2D eigenvalue weighted by atomic mass is 10.0. The molecule has 3 N–H and O–H groups in total. The summed E-state index contributed by atoms with van der Waals surface area (Å²) in [5.41, 5.74) is 9.91. The van der Waals surface area contributed by atoms with Crippen LogP contribution in [0.15, 0.2) is 27.4 Å². The van der Waals surface area contributed by atoms with Crippen LogP contribution in [0, 0.1) is 13.8 Å². The van der Waals surface area contributed by atoms with Crippen LogP contribution < -0.4 is 11.3 Å². The Hall–Kier alpha value is -3.13. The number of nitrogens with zero attached hydrogens (tertiary/aromatic N) is 4. The van der Waals surface area contributed by atoms with Crippen molar-refractivity contribution < 1.29 is 4.42 Å². The molecule has 8 nitrogen and oxygen atoms in total. The maximum atomic E-state index is 12.5. The van der Waals surface area contributed by atoms with Crippen molar-refractivity contribution in [2.24, 2.45) is 0 Å². The highest BCUT2D eigenvalue weighted by Gasteiger charge is 2.29. The number of aromatic amines is 1. The van der Waals surface area contributed by atoms with E-state index in [1.165, 1.54) is 5.56 Å². The monoisotopic (exact) mass is 392 g/mol. The summed E-state index contributed by atoms with van der Waals surface area (Å²) in [6, 6.07) is 6.29. The number of anilines is 1. The highest BCUT2D eigenvalue weighted by molar-refractivity contribution is 6.01. The molecule has 1 aliphatic rings. The molecule has 4 aromatic rings. The van der Waals surface area contributed by atoms with E-state index < -0.39 is 0 Å². The molecule has 1 saturated heterocycles. The van der Waals surface area contributed by atoms with Gasteiger partial charge in [0.1, 0.15) is 11.3 Å². The summed E-state index contributed by atoms with van der Waals surface area (Å²) < 4.78 is 8.23. The first-order chi connectivity index (χ1) is 13.9. The van der Waals surface area contributed by atoms with E-state index in [1.54, 1.807) is 0 Å². The van der Waals surface area contributed by atoms with Crippen molar-refractivity contribution >= 4 is 27.7 Å². The van der Waals surface area contributed by atoms with Crippen LogP contribution in [0.5, 0.6) is 0 Å². The topological polar surface area (TPSA) is 106 Å². The van der Waals surface area contributed by atoms with Gasteiger partial charge in [-0.3, -0.25) is 9.48 Å². The predicted octanol–water partition coefficient (Wildman–Crippen LogP) is 3.00. The summed E-state index contributed by atoms with van der Waals surface area (Å²) in [6.07, 6.45) is 1.89. The summed E-state index contributed by atoms with van der Waals surface area (Å²) in [5, 5.41) is 12.8. The molecule has 5 rings (SSSR count). The third-order valence-corrected chi connectivity index (χ3v) is 6.00. The number of fused-ring (bicyclic) bond motifs is 2. The van der Waals surface area contributed by atoms with Gasteiger partial charge >= 0.3 is 0 Å². The summed E-state index contributed by atoms with van der Waals surface area (Å²) in [7, 11) is 2.12. The molecule has 0 saturated carbocycles. The fraction of sp³-hybridized carbons (Fsp3) is 0.381. The van der Waals surface area contributed by atoms with E-state index in [0.717, 1.165) is 48.2 Å². The number of furan rings is 1. The Labute approximate surface area is 167 Å². The number of hydrogen-bond acceptors (Lipinski definition) is 6. The molecule has 0 bridgehead atoms. The maximum Gasteiger partial charge on any atom is 0.292 e. The SMILES string of the molecule is Cc1ccc2oc(-c3c4c(N)n[nH]c(=O)c4nn3C3CCN(C)CC3)c(C)c2c1. The Balaban J connectivity index is 1.82. The minimum Gasteiger partial charge on any atom is -0.454 e. The van der Waals surface area contributed by atoms with Crippen molar-refractivity contribution in [1.82, 2.24) is 24.9 Å². The number of nitrogens with two attached hydrogens (primary N) is 1. The van der Waals surface area contributed by atoms with Gasteiger partial charge in [-0.2, -0.15) is 10.2 Å². The Morgan fingerprint density at radius 1 is 1.24 bits per heavy atom. The molecule has 1 aromatic carbocycles. The van der Waals surface area contributed by atoms with Crippen LogP contribution >= 0.6 is 0 Å². The number of piperidine rings is 1. The van der Waals surface area contributed by atoms with Crippen molar-refractivity contribution in [3.63, 3.8) is 0 Å². The van der Waals surface area contributed by atoms with Crippen LogP contribution in [0.1, 0.15) is 30.0 Å². The summed E-state index contributed by atoms with van der Waals surface area (Å²) >= 11 is 0. The standard InChI is InChI=1S/C21H24N6O2/c1-11-4-5-15-14(10-11)12(2)19(29-15)18-16-17(21(28)24-23-20(16)22)25-27(18)13-6-8-26(3)9-7-13/h4-5,10,13H,6-9H2,1-3H3,(H2,22,23)(H,24,28). The van der Waals surface area contributed by atoms with Gasteiger partial charge in [-0.05, 0) is 59.0 Å². The summed E-state index contributed by atoms with van der Waals surface area (Å²) in [5.74, 6) is 0.955. The van der Waals surface area contributed by atoms with Crippen LogP contribution in [0.3, 0.4) is 0 Å². The fourth-order valence-corrected chi connectivity index (χ4v) is 4.34. The van der Waals surface area contributed by atoms with Crippen molar-refractivity contribution in [3.8, 4) is 11.5 Å². The number of rotatable bonds is 2. The van der Waals surface area contributed by atoms with E-state index in [2.05, 4.69) is 35.1 Å². The van der Waals surface area contributed by atoms with Gasteiger partial charge < -0.3 is 15.1 Å². The molecule has 29 heavy (non-hydrogen) atoms. The lowest BCUT2D eigenvalue weighted by molar-refractivity contribution is 0.213. The van der Waals surface area contributed by atoms with Gasteiger partial charge in [0.05, 0.1) is 11.4 Å². The second kappa shape index (κ2) is 6.45. The van der Waals surface area contributed by atoms with Crippen LogP contribution in [0.2, 0.25) is 0 Å². The third-order valence-electron chi connectivity index (χ3n) is 6.00. The number of H-pyrrole nitrogens is 1. The van der Waals surface area contributed by atoms with Crippen LogP contribution in [-0.2, 0) is 0 Å². The quantitative estimate of drug-likeness (QED) is 0.543. The molecule has 0 radical (unpaired) electrons. The van der Waals surface area contributed by atoms with E-state index in [0.29, 0.717) is 16.7 Å². The zero-order chi connectivity index (χ0) is 20.3. The van der Waals surface area contributed by atoms with Gasteiger partial charge in [-0.1, -0.05) is 11.6 Å². The normalized spacial score (nSPS) is 16.2. The van der Waals surface area contributed by atoms with Crippen molar-refractivity contribution in [3.05, 3.63) is 39.7 Å². The molecule has 0 amide bonds. The largest absolute Gasteiger partial charge is 0.454 e. The molecule has 3 aromatic heterocycles. The number of aromatic nitrogens is 4. The first kappa shape index (κ1) is 17.9. The fourth-order valence-electron chi connectivity index (χ4n) is 4.34. The van der Waals surface area contributed by atoms with Gasteiger partial charge in [-0.25, -0.2) is 5.10 Å². The molecule has 1 aliphatic heterocycles. The minimum absolute atomic E-state index is 0.168. The van der Waals surface area contributed by atoms with E-state index >= 15 is 0 Å². The number of aryl methyl sites for hydroxylation is 2. The number of nitrogen functional groups attached to an aromatic ring is 1. The zero-order valence-corrected chi connectivity index (χ0v) is 16.8. The smallest absolute Gasteiger partial charge is 0.292 e. The highest BCUT2D eigenvalue weighted by Crippen LogP contribution is 2.40. The Morgan fingerprint density at radius 2 is 2.00 bits per heavy atom. The Morgan fingerprint density at radius 3 is 2.76 bits per heavy atom. The lowest BCUT2D eigenvalue weighted by Crippen LogP contribution is -2.32. The van der Waals surface area contributed by atoms with E-state index in [4.69, 9.17) is 15.2 Å². The van der Waals surface area contributed by atoms with Gasteiger partial charge in [0.2, 0.25) is 0 Å². The highest BCUT2D eigenvalue weighted by atomic mass is 16.3. The first-order valence-corrected chi connectivity index (χ1v) is 9.89. The third kappa shape index (κ3) is 2.74. The molecule has 0 unspecified atom stereocenters. The second-order valence-corrected chi connectivity index (χ2v) is 8.05. The minimum atomic E-state index is -0.341. The van der Waals surface area contributed by atoms with E-state index in [1.807, 2.05) is 23.7 Å². The molecule has 4 heterocycles. The van der Waals surface area contributed by atoms with Crippen LogP contribution in [0.4, 0.5) is 5.82 Å². The van der Waals surface area contributed by atoms with Gasteiger partial charge in [0.25, 0.3) is 5.56 Å². The van der Waals surface area contributed by atoms with Crippen molar-refractivity contribution in [2.45, 2.75) is 32.7 Å². The van der Waals surface area contributed by atoms with Crippen LogP contribution in [-0.4, -0.2) is 45.0 Å². The molecule has 150 valence electrons. The van der Waals surface area contributed by atoms with Crippen LogP contribution in [0.25, 0.3) is 33.3 Å². The van der Waals surface area contributed by atoms with Gasteiger partial charge in [0, 0.05) is 10.9 Å². The lowest BCUT2D eigenvalue weighted by Gasteiger charge is -2.29. The number of hydrogen-bond donors (Lipinski definition) is 2. The molecule has 0 atom stereocenters. The van der Waals surface area contributed by atoms with E-state index in [9.17, 15) is 4.79 Å². The average molecular weight is 392 g/mol. The molecule has 1 fully saturated rings. The zero-order valence-electron chi connectivity index (χ0n) is 16.8. The first-order valence-electron chi connectivity index (χ1n) is 9.89. The van der Waals surface area contributed by atoms with Crippen molar-refractivity contribution in [2.75, 3.05) is 25.9 Å². The second-order valence-electron chi connectivity index (χ2n) is 8.05. The number of likely N-dealkylation sites (tertiary alicyclic amines) is 1. The molecule has 0 aliphatic carbocycles. The number of benzene rings is 1. The Bertz CT molecular complexity index is 1290. The summed E-state index contributed by atoms with van der Waals surface area (Å²) in [6.45, 7) is 6.05. The predicted molar refractivity (Wildman–Crippen MR) is 113 cm³/mol. The molecule has 0 spiro atoms. The molecule has 8 heteroatoms. The average Bonchev–Trinajstić information content (AvgIpc) is 3.25. The molecular formula is C21H24N6O2. The van der Waals surface area contributed by atoms with Crippen molar-refractivity contribution in [1.29, 1.82) is 0 Å². The number of nitrogens with one attached hydrogen (secondary N) is 1. The van der Waals surface area contributed by atoms with E-state index in [-0.39, 0.29) is 17.4 Å². The van der Waals surface area contributed by atoms with Gasteiger partial charge in [-0.15, -0.1) is 0 Å². The molecular weight excluding hydrogens is 368 g/mol. The Kier molecular flexibility index (Phi) is 3.99. The maximum absolute atomic E-state index is 12.5. The van der Waals surface area contributed by atoms with Gasteiger partial charge in [0.15, 0.2) is 17.1 Å².